The van der Waals surface area contributed by atoms with Crippen molar-refractivity contribution in [1.29, 1.82) is 0 Å². The number of hydrogen-bond acceptors (Lipinski definition) is 2. The maximum absolute atomic E-state index is 13.7. The Hall–Kier alpha value is -1.09. The van der Waals surface area contributed by atoms with Crippen LogP contribution in [0.3, 0.4) is 0 Å². The number of nitrogens with zero attached hydrogens (tertiary/aromatic N) is 1. The Morgan fingerprint density at radius 2 is 2.19 bits per heavy atom. The van der Waals surface area contributed by atoms with Crippen molar-refractivity contribution in [3.63, 3.8) is 0 Å². The van der Waals surface area contributed by atoms with Crippen LogP contribution in [0.15, 0.2) is 12.1 Å². The van der Waals surface area contributed by atoms with E-state index in [0.717, 1.165) is 24.1 Å². The molecule has 2 heterocycles. The molecule has 0 aliphatic carbocycles. The van der Waals surface area contributed by atoms with Gasteiger partial charge in [-0.05, 0) is 37.4 Å². The SMILES string of the molecule is Oc1cc(F)c2c(c1)CC1CCCCN1C2. The molecule has 1 saturated heterocycles. The van der Waals surface area contributed by atoms with E-state index in [4.69, 9.17) is 0 Å². The molecule has 1 fully saturated rings. The first-order valence-corrected chi connectivity index (χ1v) is 5.98. The van der Waals surface area contributed by atoms with E-state index in [0.29, 0.717) is 12.6 Å². The zero-order valence-corrected chi connectivity index (χ0v) is 9.25. The number of phenols is 1. The van der Waals surface area contributed by atoms with Gasteiger partial charge in [0.1, 0.15) is 11.6 Å². The first-order valence-electron chi connectivity index (χ1n) is 5.98. The van der Waals surface area contributed by atoms with Crippen molar-refractivity contribution in [2.45, 2.75) is 38.3 Å². The molecule has 1 aromatic carbocycles. The largest absolute Gasteiger partial charge is 0.508 e. The molecular formula is C13H16FNO. The molecule has 86 valence electrons. The highest BCUT2D eigenvalue weighted by molar-refractivity contribution is 5.38. The van der Waals surface area contributed by atoms with Crippen LogP contribution in [0.5, 0.6) is 5.75 Å². The Kier molecular flexibility index (Phi) is 2.36. The van der Waals surface area contributed by atoms with E-state index < -0.39 is 0 Å². The van der Waals surface area contributed by atoms with Crippen molar-refractivity contribution in [2.24, 2.45) is 0 Å². The summed E-state index contributed by atoms with van der Waals surface area (Å²) in [7, 11) is 0. The highest BCUT2D eigenvalue weighted by Gasteiger charge is 2.29. The Bertz CT molecular complexity index is 419. The maximum Gasteiger partial charge on any atom is 0.131 e. The fourth-order valence-electron chi connectivity index (χ4n) is 2.99. The van der Waals surface area contributed by atoms with Gasteiger partial charge in [0.05, 0.1) is 0 Å². The summed E-state index contributed by atoms with van der Waals surface area (Å²) in [6.07, 6.45) is 4.60. The van der Waals surface area contributed by atoms with Gasteiger partial charge in [-0.3, -0.25) is 4.90 Å². The van der Waals surface area contributed by atoms with E-state index in [1.807, 2.05) is 0 Å². The van der Waals surface area contributed by atoms with Crippen LogP contribution in [-0.4, -0.2) is 22.6 Å². The zero-order chi connectivity index (χ0) is 11.1. The summed E-state index contributed by atoms with van der Waals surface area (Å²) in [5.41, 5.74) is 1.79. The normalized spacial score (nSPS) is 24.9. The first-order chi connectivity index (χ1) is 7.74. The lowest BCUT2D eigenvalue weighted by Crippen LogP contribution is -2.43. The zero-order valence-electron chi connectivity index (χ0n) is 9.25. The summed E-state index contributed by atoms with van der Waals surface area (Å²) >= 11 is 0. The van der Waals surface area contributed by atoms with Gasteiger partial charge in [-0.1, -0.05) is 6.42 Å². The summed E-state index contributed by atoms with van der Waals surface area (Å²) in [4.78, 5) is 2.38. The highest BCUT2D eigenvalue weighted by Crippen LogP contribution is 2.32. The molecule has 3 rings (SSSR count). The second-order valence-electron chi connectivity index (χ2n) is 4.89. The summed E-state index contributed by atoms with van der Waals surface area (Å²) in [5, 5.41) is 9.41. The van der Waals surface area contributed by atoms with Gasteiger partial charge in [0.2, 0.25) is 0 Å². The average Bonchev–Trinajstić information content (AvgIpc) is 2.27. The quantitative estimate of drug-likeness (QED) is 0.727. The Morgan fingerprint density at radius 3 is 3.06 bits per heavy atom. The van der Waals surface area contributed by atoms with E-state index in [2.05, 4.69) is 4.90 Å². The number of fused-ring (bicyclic) bond motifs is 2. The van der Waals surface area contributed by atoms with Gasteiger partial charge >= 0.3 is 0 Å². The number of piperidine rings is 1. The van der Waals surface area contributed by atoms with Crippen LogP contribution < -0.4 is 0 Å². The first kappa shape index (κ1) is 10.1. The fraction of sp³-hybridized carbons (Fsp3) is 0.538. The van der Waals surface area contributed by atoms with Crippen molar-refractivity contribution in [3.8, 4) is 5.75 Å². The number of aromatic hydroxyl groups is 1. The summed E-state index contributed by atoms with van der Waals surface area (Å²) in [5.74, 6) is -0.195. The molecule has 1 aromatic rings. The van der Waals surface area contributed by atoms with E-state index in [1.54, 1.807) is 6.07 Å². The van der Waals surface area contributed by atoms with Crippen LogP contribution in [-0.2, 0) is 13.0 Å². The van der Waals surface area contributed by atoms with Gasteiger partial charge in [0, 0.05) is 24.2 Å². The lowest BCUT2D eigenvalue weighted by atomic mass is 9.88. The van der Waals surface area contributed by atoms with Gasteiger partial charge in [-0.2, -0.15) is 0 Å². The fourth-order valence-corrected chi connectivity index (χ4v) is 2.99. The highest BCUT2D eigenvalue weighted by atomic mass is 19.1. The average molecular weight is 221 g/mol. The van der Waals surface area contributed by atoms with Crippen molar-refractivity contribution < 1.29 is 9.50 Å². The number of hydrogen-bond donors (Lipinski definition) is 1. The molecule has 0 radical (unpaired) electrons. The smallest absolute Gasteiger partial charge is 0.131 e. The predicted octanol–water partition coefficient (Wildman–Crippen LogP) is 2.44. The molecule has 2 nitrogen and oxygen atoms in total. The van der Waals surface area contributed by atoms with Crippen molar-refractivity contribution in [3.05, 3.63) is 29.1 Å². The molecule has 0 saturated carbocycles. The van der Waals surface area contributed by atoms with Crippen molar-refractivity contribution in [2.75, 3.05) is 6.54 Å². The van der Waals surface area contributed by atoms with Crippen LogP contribution in [0.4, 0.5) is 4.39 Å². The topological polar surface area (TPSA) is 23.5 Å². The monoisotopic (exact) mass is 221 g/mol. The van der Waals surface area contributed by atoms with Crippen molar-refractivity contribution >= 4 is 0 Å². The second kappa shape index (κ2) is 3.74. The summed E-state index contributed by atoms with van der Waals surface area (Å²) in [6, 6.07) is 3.51. The Balaban J connectivity index is 1.98. The van der Waals surface area contributed by atoms with Crippen molar-refractivity contribution in [1.82, 2.24) is 4.90 Å². The minimum absolute atomic E-state index is 0.0560. The molecular weight excluding hydrogens is 205 g/mol. The third-order valence-electron chi connectivity index (χ3n) is 3.84. The summed E-state index contributed by atoms with van der Waals surface area (Å²) < 4.78 is 13.7. The second-order valence-corrected chi connectivity index (χ2v) is 4.89. The molecule has 2 aliphatic rings. The maximum atomic E-state index is 13.7. The third kappa shape index (κ3) is 1.59. The van der Waals surface area contributed by atoms with E-state index in [1.165, 1.54) is 25.3 Å². The van der Waals surface area contributed by atoms with Gasteiger partial charge in [-0.25, -0.2) is 4.39 Å². The van der Waals surface area contributed by atoms with Crippen LogP contribution >= 0.6 is 0 Å². The number of halogens is 1. The minimum Gasteiger partial charge on any atom is -0.508 e. The molecule has 2 aliphatic heterocycles. The van der Waals surface area contributed by atoms with Gasteiger partial charge < -0.3 is 5.11 Å². The standard InChI is InChI=1S/C13H16FNO/c14-13-7-11(16)6-9-5-10-3-1-2-4-15(10)8-12(9)13/h6-7,10,16H,1-5,8H2. The van der Waals surface area contributed by atoms with Gasteiger partial charge in [0.25, 0.3) is 0 Å². The lowest BCUT2D eigenvalue weighted by Gasteiger charge is -2.40. The Labute approximate surface area is 94.7 Å². The Morgan fingerprint density at radius 1 is 1.31 bits per heavy atom. The van der Waals surface area contributed by atoms with E-state index in [9.17, 15) is 9.50 Å². The van der Waals surface area contributed by atoms with Crippen LogP contribution in [0.25, 0.3) is 0 Å². The molecule has 0 aromatic heterocycles. The van der Waals surface area contributed by atoms with Gasteiger partial charge in [-0.15, -0.1) is 0 Å². The van der Waals surface area contributed by atoms with Crippen LogP contribution in [0.1, 0.15) is 30.4 Å². The summed E-state index contributed by atoms with van der Waals surface area (Å²) in [6.45, 7) is 1.80. The third-order valence-corrected chi connectivity index (χ3v) is 3.84. The van der Waals surface area contributed by atoms with E-state index >= 15 is 0 Å². The molecule has 1 atom stereocenters. The molecule has 16 heavy (non-hydrogen) atoms. The number of rotatable bonds is 0. The molecule has 0 bridgehead atoms. The lowest BCUT2D eigenvalue weighted by molar-refractivity contribution is 0.125. The molecule has 1 unspecified atom stereocenters. The van der Waals surface area contributed by atoms with Crippen LogP contribution in [0, 0.1) is 5.82 Å². The van der Waals surface area contributed by atoms with Crippen LogP contribution in [0.2, 0.25) is 0 Å². The predicted molar refractivity (Wildman–Crippen MR) is 59.8 cm³/mol. The molecule has 1 N–H and O–H groups in total. The van der Waals surface area contributed by atoms with Gasteiger partial charge in [0.15, 0.2) is 0 Å². The number of phenolic OH excluding ortho intramolecular Hbond substituents is 1. The molecule has 0 amide bonds. The minimum atomic E-state index is -0.251. The molecule has 0 spiro atoms. The molecule has 3 heteroatoms. The van der Waals surface area contributed by atoms with E-state index in [-0.39, 0.29) is 11.6 Å². The number of benzene rings is 1.